The van der Waals surface area contributed by atoms with E-state index in [-0.39, 0.29) is 12.5 Å². The quantitative estimate of drug-likeness (QED) is 0.207. The number of carbonyl (C=O) groups is 1. The number of hydrogen-bond acceptors (Lipinski definition) is 5. The second kappa shape index (κ2) is 15.8. The summed E-state index contributed by atoms with van der Waals surface area (Å²) < 4.78 is 30.0. The van der Waals surface area contributed by atoms with E-state index in [1.807, 2.05) is 6.08 Å². The molecule has 0 saturated heterocycles. The van der Waals surface area contributed by atoms with Gasteiger partial charge in [0.05, 0.1) is 6.10 Å². The summed E-state index contributed by atoms with van der Waals surface area (Å²) in [6, 6.07) is 0. The maximum absolute atomic E-state index is 11.7. The van der Waals surface area contributed by atoms with Crippen LogP contribution in [-0.2, 0) is 14.9 Å². The third kappa shape index (κ3) is 19.4. The molecular formula is C19H36N2O5S. The molecule has 0 aromatic heterocycles. The molecule has 27 heavy (non-hydrogen) atoms. The normalized spacial score (nSPS) is 12.5. The Hall–Kier alpha value is -1.18. The monoisotopic (exact) mass is 404 g/mol. The van der Waals surface area contributed by atoms with Gasteiger partial charge in [0.1, 0.15) is 5.75 Å². The minimum Gasteiger partial charge on any atom is -0.391 e. The standard InChI is InChI=1S/C19H36N2O5S/c1-3-4-5-6-7-8-9-10-11-13-19(23)20-14-12-15-21(2)16-18(22)17-27(24,25)26/h4,6,18,22H,3,7-17H2,1-2H3,(H,20,23)(H,24,25,26). The van der Waals surface area contributed by atoms with Gasteiger partial charge in [0.15, 0.2) is 0 Å². The van der Waals surface area contributed by atoms with Crippen molar-refractivity contribution < 1.29 is 22.9 Å². The van der Waals surface area contributed by atoms with Crippen molar-refractivity contribution in [3.63, 3.8) is 0 Å². The molecule has 158 valence electrons. The molecule has 0 saturated carbocycles. The fourth-order valence-corrected chi connectivity index (χ4v) is 3.17. The number of allylic oxidation sites excluding steroid dienone is 1. The zero-order valence-electron chi connectivity index (χ0n) is 16.7. The number of nitrogens with one attached hydrogen (secondary N) is 1. The Morgan fingerprint density at radius 2 is 1.89 bits per heavy atom. The van der Waals surface area contributed by atoms with Crippen molar-refractivity contribution in [2.75, 3.05) is 32.4 Å². The number of hydrogen-bond donors (Lipinski definition) is 3. The maximum Gasteiger partial charge on any atom is 0.267 e. The predicted molar refractivity (Wildman–Crippen MR) is 108 cm³/mol. The number of likely N-dealkylation sites (N-methyl/N-ethyl adjacent to an activating group) is 1. The van der Waals surface area contributed by atoms with Crippen molar-refractivity contribution in [3.8, 4) is 0 Å². The molecule has 1 unspecified atom stereocenters. The average molecular weight is 405 g/mol. The van der Waals surface area contributed by atoms with Crippen LogP contribution in [0.15, 0.2) is 17.9 Å². The third-order valence-corrected chi connectivity index (χ3v) is 4.71. The van der Waals surface area contributed by atoms with Crippen LogP contribution in [0.25, 0.3) is 0 Å². The van der Waals surface area contributed by atoms with Gasteiger partial charge >= 0.3 is 0 Å². The number of aliphatic hydroxyl groups excluding tert-OH is 1. The van der Waals surface area contributed by atoms with Gasteiger partial charge in [-0.3, -0.25) is 9.35 Å². The van der Waals surface area contributed by atoms with E-state index in [4.69, 9.17) is 4.55 Å². The molecular weight excluding hydrogens is 368 g/mol. The van der Waals surface area contributed by atoms with Crippen molar-refractivity contribution in [1.82, 2.24) is 10.2 Å². The Labute approximate surface area is 164 Å². The van der Waals surface area contributed by atoms with Crippen LogP contribution in [0.2, 0.25) is 0 Å². The van der Waals surface area contributed by atoms with Gasteiger partial charge in [-0.15, -0.1) is 5.73 Å². The highest BCUT2D eigenvalue weighted by Gasteiger charge is 2.15. The van der Waals surface area contributed by atoms with Crippen molar-refractivity contribution in [3.05, 3.63) is 17.9 Å². The Morgan fingerprint density at radius 3 is 2.56 bits per heavy atom. The fourth-order valence-electron chi connectivity index (χ4n) is 2.58. The number of amides is 1. The van der Waals surface area contributed by atoms with Gasteiger partial charge in [0.2, 0.25) is 5.91 Å². The van der Waals surface area contributed by atoms with E-state index >= 15 is 0 Å². The highest BCUT2D eigenvalue weighted by Crippen LogP contribution is 2.05. The first-order valence-electron chi connectivity index (χ1n) is 9.72. The van der Waals surface area contributed by atoms with Crippen LogP contribution in [0.5, 0.6) is 0 Å². The zero-order valence-corrected chi connectivity index (χ0v) is 17.5. The minimum absolute atomic E-state index is 0.0508. The first kappa shape index (κ1) is 25.8. The van der Waals surface area contributed by atoms with E-state index in [1.165, 1.54) is 0 Å². The molecule has 0 aliphatic rings. The Bertz CT molecular complexity index is 556. The summed E-state index contributed by atoms with van der Waals surface area (Å²) in [5, 5.41) is 12.4. The molecule has 0 rings (SSSR count). The first-order valence-corrected chi connectivity index (χ1v) is 11.3. The van der Waals surface area contributed by atoms with Gasteiger partial charge in [0.25, 0.3) is 10.1 Å². The fraction of sp³-hybridized carbons (Fsp3) is 0.789. The molecule has 0 bridgehead atoms. The summed E-state index contributed by atoms with van der Waals surface area (Å²) in [7, 11) is -2.41. The molecule has 0 radical (unpaired) electrons. The van der Waals surface area contributed by atoms with E-state index in [2.05, 4.69) is 24.0 Å². The number of unbranched alkanes of at least 4 members (excludes halogenated alkanes) is 4. The first-order chi connectivity index (χ1) is 12.7. The van der Waals surface area contributed by atoms with Crippen molar-refractivity contribution in [1.29, 1.82) is 0 Å². The lowest BCUT2D eigenvalue weighted by atomic mass is 10.1. The Balaban J connectivity index is 3.59. The van der Waals surface area contributed by atoms with E-state index in [0.717, 1.165) is 38.5 Å². The summed E-state index contributed by atoms with van der Waals surface area (Å²) in [6.07, 6.45) is 10.4. The topological polar surface area (TPSA) is 107 Å². The van der Waals surface area contributed by atoms with Crippen LogP contribution < -0.4 is 5.32 Å². The molecule has 0 heterocycles. The van der Waals surface area contributed by atoms with Gasteiger partial charge < -0.3 is 15.3 Å². The second-order valence-corrected chi connectivity index (χ2v) is 8.30. The van der Waals surface area contributed by atoms with Crippen LogP contribution in [0.4, 0.5) is 0 Å². The van der Waals surface area contributed by atoms with E-state index in [9.17, 15) is 18.3 Å². The second-order valence-electron chi connectivity index (χ2n) is 6.80. The smallest absolute Gasteiger partial charge is 0.267 e. The molecule has 0 fully saturated rings. The zero-order chi connectivity index (χ0) is 20.5. The number of rotatable bonds is 16. The highest BCUT2D eigenvalue weighted by molar-refractivity contribution is 7.85. The van der Waals surface area contributed by atoms with E-state index in [0.29, 0.717) is 25.9 Å². The SMILES string of the molecule is CCC=C=CCCCCCCC(=O)NCCCN(C)CC(O)CS(=O)(=O)O. The molecule has 0 aromatic rings. The lowest BCUT2D eigenvalue weighted by Crippen LogP contribution is -2.35. The van der Waals surface area contributed by atoms with E-state index in [1.54, 1.807) is 11.9 Å². The van der Waals surface area contributed by atoms with E-state index < -0.39 is 22.0 Å². The van der Waals surface area contributed by atoms with Crippen LogP contribution in [0.3, 0.4) is 0 Å². The van der Waals surface area contributed by atoms with Gasteiger partial charge in [-0.1, -0.05) is 19.8 Å². The van der Waals surface area contributed by atoms with Gasteiger partial charge in [-0.2, -0.15) is 8.42 Å². The molecule has 1 atom stereocenters. The summed E-state index contributed by atoms with van der Waals surface area (Å²) in [6.45, 7) is 3.40. The molecule has 0 aromatic carbocycles. The summed E-state index contributed by atoms with van der Waals surface area (Å²) >= 11 is 0. The lowest BCUT2D eigenvalue weighted by molar-refractivity contribution is -0.121. The number of aliphatic hydroxyl groups is 1. The molecule has 8 heteroatoms. The van der Waals surface area contributed by atoms with Crippen LogP contribution in [0.1, 0.15) is 58.3 Å². The third-order valence-electron chi connectivity index (χ3n) is 3.91. The molecule has 3 N–H and O–H groups in total. The van der Waals surface area contributed by atoms with Crippen molar-refractivity contribution in [2.45, 2.75) is 64.4 Å². The number of carbonyl (C=O) groups excluding carboxylic acids is 1. The molecule has 0 aliphatic heterocycles. The molecule has 0 aliphatic carbocycles. The van der Waals surface area contributed by atoms with Crippen LogP contribution in [0, 0.1) is 0 Å². The molecule has 0 spiro atoms. The highest BCUT2D eigenvalue weighted by atomic mass is 32.2. The average Bonchev–Trinajstić information content (AvgIpc) is 2.55. The predicted octanol–water partition coefficient (Wildman–Crippen LogP) is 2.14. The van der Waals surface area contributed by atoms with Crippen LogP contribution in [-0.4, -0.2) is 67.4 Å². The molecule has 7 nitrogen and oxygen atoms in total. The van der Waals surface area contributed by atoms with Gasteiger partial charge in [-0.05, 0) is 57.8 Å². The summed E-state index contributed by atoms with van der Waals surface area (Å²) in [4.78, 5) is 13.5. The molecule has 1 amide bonds. The van der Waals surface area contributed by atoms with Crippen LogP contribution >= 0.6 is 0 Å². The Kier molecular flexibility index (Phi) is 15.1. The minimum atomic E-state index is -4.17. The van der Waals surface area contributed by atoms with Crippen molar-refractivity contribution >= 4 is 16.0 Å². The summed E-state index contributed by atoms with van der Waals surface area (Å²) in [5.74, 6) is -0.616. The van der Waals surface area contributed by atoms with Gasteiger partial charge in [-0.25, -0.2) is 0 Å². The lowest BCUT2D eigenvalue weighted by Gasteiger charge is -2.19. The number of nitrogens with zero attached hydrogens (tertiary/aromatic N) is 1. The van der Waals surface area contributed by atoms with Crippen molar-refractivity contribution in [2.24, 2.45) is 0 Å². The Morgan fingerprint density at radius 1 is 1.19 bits per heavy atom. The summed E-state index contributed by atoms with van der Waals surface area (Å²) in [5.41, 5.74) is 3.13. The van der Waals surface area contributed by atoms with Gasteiger partial charge in [0, 0.05) is 19.5 Å². The maximum atomic E-state index is 11.7. The largest absolute Gasteiger partial charge is 0.391 e.